The van der Waals surface area contributed by atoms with Crippen molar-refractivity contribution in [3.8, 4) is 0 Å². The highest BCUT2D eigenvalue weighted by Gasteiger charge is 2.12. The Labute approximate surface area is 126 Å². The van der Waals surface area contributed by atoms with Crippen LogP contribution in [0.15, 0.2) is 11.0 Å². The molecule has 0 amide bonds. The second-order valence-electron chi connectivity index (χ2n) is 4.60. The molecular formula is C13H21N5O4. The monoisotopic (exact) mass is 311 g/mol. The summed E-state index contributed by atoms with van der Waals surface area (Å²) in [6, 6.07) is 0. The van der Waals surface area contributed by atoms with Crippen LogP contribution in [0.4, 0.5) is 5.95 Å². The number of carbonyl (C=O) groups is 1. The molecular weight excluding hydrogens is 290 g/mol. The van der Waals surface area contributed by atoms with Crippen molar-refractivity contribution in [2.24, 2.45) is 0 Å². The summed E-state index contributed by atoms with van der Waals surface area (Å²) in [5, 5.41) is 16.4. The van der Waals surface area contributed by atoms with E-state index in [9.17, 15) is 4.79 Å². The number of hydrogen-bond donors (Lipinski definition) is 5. The lowest BCUT2D eigenvalue weighted by atomic mass is 10.2. The molecule has 6 N–H and O–H groups in total. The number of rotatable bonds is 5. The first-order chi connectivity index (χ1) is 10.4. The zero-order valence-corrected chi connectivity index (χ0v) is 12.6. The van der Waals surface area contributed by atoms with E-state index in [4.69, 9.17) is 20.7 Å². The van der Waals surface area contributed by atoms with Crippen LogP contribution in [0.25, 0.3) is 11.0 Å². The average molecular weight is 311 g/mol. The van der Waals surface area contributed by atoms with Crippen molar-refractivity contribution in [2.75, 3.05) is 25.4 Å². The SMILES string of the molecule is CC(=O)O.CCN(CCO)Cc1c[nH]c2c(=O)[nH]c(N)nc12. The molecule has 0 aliphatic heterocycles. The van der Waals surface area contributed by atoms with Gasteiger partial charge in [-0.25, -0.2) is 4.98 Å². The minimum Gasteiger partial charge on any atom is -0.481 e. The van der Waals surface area contributed by atoms with Crippen LogP contribution in [-0.4, -0.2) is 55.7 Å². The predicted molar refractivity (Wildman–Crippen MR) is 82.5 cm³/mol. The Bertz CT molecular complexity index is 675. The largest absolute Gasteiger partial charge is 0.481 e. The number of nitrogens with zero attached hydrogens (tertiary/aromatic N) is 2. The van der Waals surface area contributed by atoms with Crippen LogP contribution >= 0.6 is 0 Å². The van der Waals surface area contributed by atoms with Gasteiger partial charge in [0.15, 0.2) is 0 Å². The molecule has 2 aromatic heterocycles. The van der Waals surface area contributed by atoms with Crippen molar-refractivity contribution in [3.63, 3.8) is 0 Å². The Morgan fingerprint density at radius 2 is 2.14 bits per heavy atom. The summed E-state index contributed by atoms with van der Waals surface area (Å²) < 4.78 is 0. The van der Waals surface area contributed by atoms with E-state index in [2.05, 4.69) is 19.9 Å². The van der Waals surface area contributed by atoms with E-state index in [1.807, 2.05) is 6.92 Å². The number of carboxylic acid groups (broad SMARTS) is 1. The number of aromatic nitrogens is 3. The predicted octanol–water partition coefficient (Wildman–Crippen LogP) is -0.261. The average Bonchev–Trinajstić information content (AvgIpc) is 2.81. The molecule has 2 rings (SSSR count). The fraction of sp³-hybridized carbons (Fsp3) is 0.462. The van der Waals surface area contributed by atoms with Crippen LogP contribution in [0.2, 0.25) is 0 Å². The minimum atomic E-state index is -0.833. The molecule has 0 bridgehead atoms. The third kappa shape index (κ3) is 4.86. The number of hydrogen-bond acceptors (Lipinski definition) is 6. The van der Waals surface area contributed by atoms with Gasteiger partial charge in [-0.1, -0.05) is 6.92 Å². The molecule has 9 heteroatoms. The maximum absolute atomic E-state index is 11.6. The number of aromatic amines is 2. The number of nitrogens with one attached hydrogen (secondary N) is 2. The molecule has 0 fully saturated rings. The number of aliphatic carboxylic acids is 1. The van der Waals surface area contributed by atoms with E-state index in [1.165, 1.54) is 0 Å². The van der Waals surface area contributed by atoms with Crippen molar-refractivity contribution in [1.29, 1.82) is 0 Å². The molecule has 0 unspecified atom stereocenters. The van der Waals surface area contributed by atoms with Gasteiger partial charge in [0, 0.05) is 31.8 Å². The molecule has 0 aliphatic carbocycles. The van der Waals surface area contributed by atoms with Crippen LogP contribution in [0.5, 0.6) is 0 Å². The van der Waals surface area contributed by atoms with Crippen LogP contribution in [0, 0.1) is 0 Å². The second kappa shape index (κ2) is 8.15. The van der Waals surface area contributed by atoms with E-state index in [0.717, 1.165) is 19.0 Å². The number of aliphatic hydroxyl groups is 1. The van der Waals surface area contributed by atoms with Crippen molar-refractivity contribution >= 4 is 23.0 Å². The first-order valence-corrected chi connectivity index (χ1v) is 6.77. The van der Waals surface area contributed by atoms with Gasteiger partial charge in [0.2, 0.25) is 5.95 Å². The number of likely N-dealkylation sites (N-methyl/N-ethyl adjacent to an activating group) is 1. The molecule has 2 aromatic rings. The normalized spacial score (nSPS) is 10.5. The molecule has 0 aliphatic rings. The Morgan fingerprint density at radius 1 is 1.50 bits per heavy atom. The van der Waals surface area contributed by atoms with Crippen molar-refractivity contribution < 1.29 is 15.0 Å². The quantitative estimate of drug-likeness (QED) is 0.510. The van der Waals surface area contributed by atoms with E-state index < -0.39 is 5.97 Å². The van der Waals surface area contributed by atoms with E-state index in [0.29, 0.717) is 24.1 Å². The molecule has 0 saturated carbocycles. The van der Waals surface area contributed by atoms with Crippen molar-refractivity contribution in [2.45, 2.75) is 20.4 Å². The second-order valence-corrected chi connectivity index (χ2v) is 4.60. The molecule has 122 valence electrons. The standard InChI is InChI=1S/C11H17N5O2.C2H4O2/c1-2-16(3-4-17)6-7-5-13-9-8(7)14-11(12)15-10(9)18;1-2(3)4/h5,13,17H,2-4,6H2,1H3,(H3,12,14,15,18);1H3,(H,3,4). The number of H-pyrrole nitrogens is 2. The topological polar surface area (TPSA) is 148 Å². The number of nitrogen functional groups attached to an aromatic ring is 1. The summed E-state index contributed by atoms with van der Waals surface area (Å²) >= 11 is 0. The van der Waals surface area contributed by atoms with Crippen molar-refractivity contribution in [1.82, 2.24) is 19.9 Å². The number of carboxylic acids is 1. The highest BCUT2D eigenvalue weighted by atomic mass is 16.4. The Balaban J connectivity index is 0.000000541. The van der Waals surface area contributed by atoms with E-state index in [-0.39, 0.29) is 18.1 Å². The van der Waals surface area contributed by atoms with Crippen LogP contribution in [-0.2, 0) is 11.3 Å². The Morgan fingerprint density at radius 3 is 2.68 bits per heavy atom. The smallest absolute Gasteiger partial charge is 0.300 e. The Hall–Kier alpha value is -2.39. The molecule has 0 atom stereocenters. The first-order valence-electron chi connectivity index (χ1n) is 6.77. The lowest BCUT2D eigenvalue weighted by Crippen LogP contribution is -2.26. The van der Waals surface area contributed by atoms with Gasteiger partial charge in [-0.05, 0) is 6.54 Å². The maximum Gasteiger partial charge on any atom is 0.300 e. The molecule has 22 heavy (non-hydrogen) atoms. The van der Waals surface area contributed by atoms with Crippen LogP contribution < -0.4 is 11.3 Å². The maximum atomic E-state index is 11.6. The van der Waals surface area contributed by atoms with Gasteiger partial charge in [-0.2, -0.15) is 0 Å². The fourth-order valence-electron chi connectivity index (χ4n) is 1.94. The number of aliphatic hydroxyl groups excluding tert-OH is 1. The number of anilines is 1. The third-order valence-electron chi connectivity index (χ3n) is 2.89. The summed E-state index contributed by atoms with van der Waals surface area (Å²) in [5.74, 6) is -0.724. The molecule has 0 spiro atoms. The number of nitrogens with two attached hydrogens (primary N) is 1. The minimum absolute atomic E-state index is 0.104. The lowest BCUT2D eigenvalue weighted by molar-refractivity contribution is -0.134. The van der Waals surface area contributed by atoms with Gasteiger partial charge in [-0.3, -0.25) is 19.5 Å². The van der Waals surface area contributed by atoms with Gasteiger partial charge in [0.1, 0.15) is 11.0 Å². The van der Waals surface area contributed by atoms with Gasteiger partial charge < -0.3 is 20.9 Å². The highest BCUT2D eigenvalue weighted by molar-refractivity contribution is 5.78. The lowest BCUT2D eigenvalue weighted by Gasteiger charge is -2.18. The number of fused-ring (bicyclic) bond motifs is 1. The summed E-state index contributed by atoms with van der Waals surface area (Å²) in [6.45, 7) is 5.21. The summed E-state index contributed by atoms with van der Waals surface area (Å²) in [6.07, 6.45) is 1.76. The van der Waals surface area contributed by atoms with Gasteiger partial charge in [0.05, 0.1) is 6.61 Å². The van der Waals surface area contributed by atoms with E-state index in [1.54, 1.807) is 6.20 Å². The third-order valence-corrected chi connectivity index (χ3v) is 2.89. The molecule has 0 saturated heterocycles. The Kier molecular flexibility index (Phi) is 6.54. The zero-order chi connectivity index (χ0) is 16.7. The molecule has 0 aromatic carbocycles. The van der Waals surface area contributed by atoms with E-state index >= 15 is 0 Å². The van der Waals surface area contributed by atoms with Gasteiger partial charge in [-0.15, -0.1) is 0 Å². The first kappa shape index (κ1) is 17.7. The highest BCUT2D eigenvalue weighted by Crippen LogP contribution is 2.15. The fourth-order valence-corrected chi connectivity index (χ4v) is 1.94. The molecule has 9 nitrogen and oxygen atoms in total. The van der Waals surface area contributed by atoms with Crippen molar-refractivity contribution in [3.05, 3.63) is 22.1 Å². The van der Waals surface area contributed by atoms with Gasteiger partial charge >= 0.3 is 0 Å². The summed E-state index contributed by atoms with van der Waals surface area (Å²) in [5.41, 5.74) is 7.19. The zero-order valence-electron chi connectivity index (χ0n) is 12.6. The van der Waals surface area contributed by atoms with Crippen LogP contribution in [0.3, 0.4) is 0 Å². The van der Waals surface area contributed by atoms with Gasteiger partial charge in [0.25, 0.3) is 11.5 Å². The summed E-state index contributed by atoms with van der Waals surface area (Å²) in [7, 11) is 0. The van der Waals surface area contributed by atoms with Crippen LogP contribution in [0.1, 0.15) is 19.4 Å². The molecule has 2 heterocycles. The molecule has 0 radical (unpaired) electrons. The summed E-state index contributed by atoms with van der Waals surface area (Å²) in [4.78, 5) is 32.2.